The smallest absolute Gasteiger partial charge is 0.225 e. The minimum atomic E-state index is -0.439. The second kappa shape index (κ2) is 4.58. The lowest BCUT2D eigenvalue weighted by Gasteiger charge is -2.22. The van der Waals surface area contributed by atoms with Crippen molar-refractivity contribution in [1.29, 1.82) is 0 Å². The molecule has 1 atom stereocenters. The minimum absolute atomic E-state index is 0.0368. The first-order chi connectivity index (χ1) is 6.16. The number of hydrogen-bond donors (Lipinski definition) is 1. The van der Waals surface area contributed by atoms with Crippen molar-refractivity contribution in [2.75, 3.05) is 0 Å². The number of Topliss-reactive ketones (excluding diaryl/α,β-unsaturated/α-hetero) is 1. The molecular formula is C11H21NO2. The minimum Gasteiger partial charge on any atom is -0.346 e. The predicted octanol–water partition coefficient (Wildman–Crippen LogP) is 1.76. The molecule has 1 unspecified atom stereocenters. The molecule has 3 heteroatoms. The number of nitrogens with one attached hydrogen (secondary N) is 1. The Kier molecular flexibility index (Phi) is 4.30. The summed E-state index contributed by atoms with van der Waals surface area (Å²) in [6.45, 7) is 10.9. The molecule has 82 valence electrons. The highest BCUT2D eigenvalue weighted by atomic mass is 16.2. The Balaban J connectivity index is 4.27. The predicted molar refractivity (Wildman–Crippen MR) is 56.9 cm³/mol. The second-order valence-corrected chi connectivity index (χ2v) is 5.00. The SMILES string of the molecule is CC(C)C(=O)C(C)NC(=O)C(C)(C)C. The Labute approximate surface area is 86.3 Å². The molecule has 1 N–H and O–H groups in total. The summed E-state index contributed by atoms with van der Waals surface area (Å²) < 4.78 is 0. The molecule has 0 radical (unpaired) electrons. The van der Waals surface area contributed by atoms with E-state index in [9.17, 15) is 9.59 Å². The molecule has 1 amide bonds. The van der Waals surface area contributed by atoms with E-state index in [4.69, 9.17) is 0 Å². The highest BCUT2D eigenvalue weighted by Crippen LogP contribution is 2.13. The van der Waals surface area contributed by atoms with Crippen molar-refractivity contribution in [3.8, 4) is 0 Å². The summed E-state index contributed by atoms with van der Waals surface area (Å²) in [5.74, 6) is -0.0492. The molecular weight excluding hydrogens is 178 g/mol. The van der Waals surface area contributed by atoms with Crippen molar-refractivity contribution in [1.82, 2.24) is 5.32 Å². The highest BCUT2D eigenvalue weighted by Gasteiger charge is 2.25. The average Bonchev–Trinajstić information content (AvgIpc) is 2.00. The lowest BCUT2D eigenvalue weighted by atomic mass is 9.94. The van der Waals surface area contributed by atoms with Crippen LogP contribution in [0.25, 0.3) is 0 Å². The fourth-order valence-electron chi connectivity index (χ4n) is 0.984. The maximum Gasteiger partial charge on any atom is 0.225 e. The summed E-state index contributed by atoms with van der Waals surface area (Å²) in [6.07, 6.45) is 0. The van der Waals surface area contributed by atoms with Gasteiger partial charge in [0.2, 0.25) is 5.91 Å². The average molecular weight is 199 g/mol. The molecule has 0 aliphatic carbocycles. The van der Waals surface area contributed by atoms with E-state index in [-0.39, 0.29) is 23.7 Å². The quantitative estimate of drug-likeness (QED) is 0.753. The van der Waals surface area contributed by atoms with Crippen LogP contribution in [0.15, 0.2) is 0 Å². The maximum atomic E-state index is 11.5. The Morgan fingerprint density at radius 1 is 1.07 bits per heavy atom. The molecule has 0 spiro atoms. The standard InChI is InChI=1S/C11H21NO2/c1-7(2)9(13)8(3)12-10(14)11(4,5)6/h7-8H,1-6H3,(H,12,14). The van der Waals surface area contributed by atoms with Crippen molar-refractivity contribution in [3.63, 3.8) is 0 Å². The topological polar surface area (TPSA) is 46.2 Å². The van der Waals surface area contributed by atoms with Gasteiger partial charge in [-0.05, 0) is 6.92 Å². The summed E-state index contributed by atoms with van der Waals surface area (Å²) in [5, 5.41) is 2.71. The summed E-state index contributed by atoms with van der Waals surface area (Å²) in [4.78, 5) is 23.0. The molecule has 0 aliphatic rings. The van der Waals surface area contributed by atoms with Crippen molar-refractivity contribution in [2.24, 2.45) is 11.3 Å². The van der Waals surface area contributed by atoms with Crippen molar-refractivity contribution in [2.45, 2.75) is 47.6 Å². The maximum absolute atomic E-state index is 11.5. The van der Waals surface area contributed by atoms with Crippen LogP contribution in [0.2, 0.25) is 0 Å². The van der Waals surface area contributed by atoms with Gasteiger partial charge in [0, 0.05) is 11.3 Å². The third-order valence-electron chi connectivity index (χ3n) is 2.02. The number of carbonyl (C=O) groups is 2. The summed E-state index contributed by atoms with van der Waals surface area (Å²) in [5.41, 5.74) is -0.439. The molecule has 3 nitrogen and oxygen atoms in total. The molecule has 0 heterocycles. The van der Waals surface area contributed by atoms with Crippen LogP contribution in [0.5, 0.6) is 0 Å². The molecule has 0 aliphatic heterocycles. The zero-order valence-electron chi connectivity index (χ0n) is 9.97. The van der Waals surface area contributed by atoms with Gasteiger partial charge in [-0.2, -0.15) is 0 Å². The Hall–Kier alpha value is -0.860. The van der Waals surface area contributed by atoms with E-state index in [1.807, 2.05) is 34.6 Å². The van der Waals surface area contributed by atoms with Gasteiger partial charge in [0.05, 0.1) is 6.04 Å². The van der Waals surface area contributed by atoms with Gasteiger partial charge < -0.3 is 5.32 Å². The second-order valence-electron chi connectivity index (χ2n) is 5.00. The van der Waals surface area contributed by atoms with Crippen LogP contribution in [-0.2, 0) is 9.59 Å². The number of hydrogen-bond acceptors (Lipinski definition) is 2. The molecule has 0 saturated heterocycles. The van der Waals surface area contributed by atoms with Crippen LogP contribution in [0.1, 0.15) is 41.5 Å². The van der Waals surface area contributed by atoms with Gasteiger partial charge in [0.15, 0.2) is 5.78 Å². The van der Waals surface area contributed by atoms with Gasteiger partial charge in [0.1, 0.15) is 0 Å². The number of ketones is 1. The molecule has 0 fully saturated rings. The van der Waals surface area contributed by atoms with Crippen molar-refractivity contribution >= 4 is 11.7 Å². The Morgan fingerprint density at radius 3 is 1.79 bits per heavy atom. The van der Waals surface area contributed by atoms with Crippen LogP contribution in [0.4, 0.5) is 0 Å². The van der Waals surface area contributed by atoms with E-state index in [1.54, 1.807) is 6.92 Å². The van der Waals surface area contributed by atoms with Crippen LogP contribution >= 0.6 is 0 Å². The van der Waals surface area contributed by atoms with Gasteiger partial charge in [0.25, 0.3) is 0 Å². The number of amides is 1. The summed E-state index contributed by atoms with van der Waals surface area (Å²) in [7, 11) is 0. The monoisotopic (exact) mass is 199 g/mol. The molecule has 0 aromatic heterocycles. The van der Waals surface area contributed by atoms with Crippen molar-refractivity contribution < 1.29 is 9.59 Å². The lowest BCUT2D eigenvalue weighted by Crippen LogP contribution is -2.45. The largest absolute Gasteiger partial charge is 0.346 e. The third-order valence-corrected chi connectivity index (χ3v) is 2.02. The van der Waals surface area contributed by atoms with Gasteiger partial charge in [-0.15, -0.1) is 0 Å². The fraction of sp³-hybridized carbons (Fsp3) is 0.818. The van der Waals surface area contributed by atoms with Crippen LogP contribution < -0.4 is 5.32 Å². The molecule has 14 heavy (non-hydrogen) atoms. The number of carbonyl (C=O) groups excluding carboxylic acids is 2. The first-order valence-electron chi connectivity index (χ1n) is 5.01. The van der Waals surface area contributed by atoms with E-state index in [1.165, 1.54) is 0 Å². The van der Waals surface area contributed by atoms with Crippen LogP contribution in [0.3, 0.4) is 0 Å². The van der Waals surface area contributed by atoms with E-state index in [0.717, 1.165) is 0 Å². The van der Waals surface area contributed by atoms with Gasteiger partial charge in [-0.25, -0.2) is 0 Å². The number of rotatable bonds is 3. The Morgan fingerprint density at radius 2 is 1.50 bits per heavy atom. The zero-order valence-corrected chi connectivity index (χ0v) is 9.97. The summed E-state index contributed by atoms with van der Waals surface area (Å²) in [6, 6.07) is -0.387. The van der Waals surface area contributed by atoms with Gasteiger partial charge in [-0.3, -0.25) is 9.59 Å². The van der Waals surface area contributed by atoms with Gasteiger partial charge in [-0.1, -0.05) is 34.6 Å². The van der Waals surface area contributed by atoms with E-state index < -0.39 is 5.41 Å². The third kappa shape index (κ3) is 3.90. The molecule has 0 saturated carbocycles. The molecule has 0 rings (SSSR count). The van der Waals surface area contributed by atoms with Crippen molar-refractivity contribution in [3.05, 3.63) is 0 Å². The molecule has 0 aromatic carbocycles. The highest BCUT2D eigenvalue weighted by molar-refractivity contribution is 5.91. The first kappa shape index (κ1) is 13.1. The normalized spacial score (nSPS) is 13.9. The first-order valence-corrected chi connectivity index (χ1v) is 5.01. The summed E-state index contributed by atoms with van der Waals surface area (Å²) >= 11 is 0. The fourth-order valence-corrected chi connectivity index (χ4v) is 0.984. The van der Waals surface area contributed by atoms with Gasteiger partial charge >= 0.3 is 0 Å². The van der Waals surface area contributed by atoms with Crippen LogP contribution in [-0.4, -0.2) is 17.7 Å². The van der Waals surface area contributed by atoms with E-state index >= 15 is 0 Å². The Bertz CT molecular complexity index is 226. The molecule has 0 bridgehead atoms. The van der Waals surface area contributed by atoms with Crippen LogP contribution in [0, 0.1) is 11.3 Å². The van der Waals surface area contributed by atoms with E-state index in [2.05, 4.69) is 5.32 Å². The lowest BCUT2D eigenvalue weighted by molar-refractivity contribution is -0.133. The molecule has 0 aromatic rings. The zero-order chi connectivity index (χ0) is 11.5. The van der Waals surface area contributed by atoms with E-state index in [0.29, 0.717) is 0 Å².